The van der Waals surface area contributed by atoms with E-state index in [0.29, 0.717) is 17.7 Å². The lowest BCUT2D eigenvalue weighted by Crippen LogP contribution is -2.08. The second kappa shape index (κ2) is 16.4. The Kier molecular flexibility index (Phi) is 12.6. The number of ether oxygens (including phenoxy) is 1. The monoisotopic (exact) mass is 534 g/mol. The molecule has 2 aromatic carbocycles. The molecule has 0 spiro atoms. The number of aromatic hydroxyl groups is 2. The van der Waals surface area contributed by atoms with E-state index in [1.807, 2.05) is 0 Å². The summed E-state index contributed by atoms with van der Waals surface area (Å²) in [7, 11) is 0. The highest BCUT2D eigenvalue weighted by molar-refractivity contribution is 5.88. The Morgan fingerprint density at radius 2 is 1.46 bits per heavy atom. The molecule has 0 unspecified atom stereocenters. The van der Waals surface area contributed by atoms with Crippen LogP contribution in [0.2, 0.25) is 0 Å². The fourth-order valence-corrected chi connectivity index (χ4v) is 4.64. The molecular weight excluding hydrogens is 492 g/mol. The molecule has 0 aliphatic heterocycles. The minimum absolute atomic E-state index is 0.000710. The fourth-order valence-electron chi connectivity index (χ4n) is 4.64. The molecule has 6 nitrogen and oxygen atoms in total. The maximum absolute atomic E-state index is 12.9. The Labute approximate surface area is 231 Å². The number of phenols is 2. The van der Waals surface area contributed by atoms with Crippen LogP contribution in [0.15, 0.2) is 64.0 Å². The summed E-state index contributed by atoms with van der Waals surface area (Å²) in [6.07, 6.45) is 22.0. The zero-order chi connectivity index (χ0) is 27.9. The minimum Gasteiger partial charge on any atom is -0.508 e. The van der Waals surface area contributed by atoms with Crippen molar-refractivity contribution in [1.29, 1.82) is 0 Å². The smallest absolute Gasteiger partial charge is 0.311 e. The second-order valence-electron chi connectivity index (χ2n) is 10.1. The number of hydrogen-bond acceptors (Lipinski definition) is 6. The van der Waals surface area contributed by atoms with E-state index < -0.39 is 5.43 Å². The zero-order valence-electron chi connectivity index (χ0n) is 23.1. The highest BCUT2D eigenvalue weighted by Crippen LogP contribution is 2.30. The first kappa shape index (κ1) is 30.0. The normalized spacial score (nSPS) is 11.4. The topological polar surface area (TPSA) is 97.0 Å². The number of rotatable bonds is 17. The molecule has 0 aliphatic rings. The van der Waals surface area contributed by atoms with Crippen LogP contribution >= 0.6 is 0 Å². The molecule has 3 rings (SSSR count). The molecule has 39 heavy (non-hydrogen) atoms. The average Bonchev–Trinajstić information content (AvgIpc) is 2.91. The Morgan fingerprint density at radius 3 is 2.13 bits per heavy atom. The van der Waals surface area contributed by atoms with Crippen LogP contribution < -0.4 is 10.2 Å². The molecule has 0 atom stereocenters. The minimum atomic E-state index is -0.414. The van der Waals surface area contributed by atoms with E-state index >= 15 is 0 Å². The molecule has 0 saturated carbocycles. The number of carbonyl (C=O) groups is 1. The lowest BCUT2D eigenvalue weighted by Gasteiger charge is -2.07. The first-order valence-electron chi connectivity index (χ1n) is 14.4. The molecule has 0 fully saturated rings. The fraction of sp³-hybridized carbons (Fsp3) is 0.455. The number of benzene rings is 2. The first-order valence-corrected chi connectivity index (χ1v) is 14.4. The molecule has 1 aromatic heterocycles. The summed E-state index contributed by atoms with van der Waals surface area (Å²) in [5.41, 5.74) is 0.509. The van der Waals surface area contributed by atoms with E-state index in [2.05, 4.69) is 19.1 Å². The van der Waals surface area contributed by atoms with E-state index in [9.17, 15) is 19.8 Å². The summed E-state index contributed by atoms with van der Waals surface area (Å²) >= 11 is 0. The van der Waals surface area contributed by atoms with Gasteiger partial charge in [0.1, 0.15) is 34.5 Å². The Hall–Kier alpha value is -3.54. The van der Waals surface area contributed by atoms with Crippen LogP contribution in [-0.4, -0.2) is 16.2 Å². The van der Waals surface area contributed by atoms with Crippen LogP contribution in [0, 0.1) is 0 Å². The number of carbonyl (C=O) groups excluding carboxylic acids is 1. The third-order valence-electron chi connectivity index (χ3n) is 6.88. The van der Waals surface area contributed by atoms with Crippen molar-refractivity contribution in [3.63, 3.8) is 0 Å². The highest BCUT2D eigenvalue weighted by atomic mass is 16.5. The summed E-state index contributed by atoms with van der Waals surface area (Å²) in [6.45, 7) is 2.25. The average molecular weight is 535 g/mol. The summed E-state index contributed by atoms with van der Waals surface area (Å²) in [4.78, 5) is 25.1. The summed E-state index contributed by atoms with van der Waals surface area (Å²) < 4.78 is 10.9. The Bertz CT molecular complexity index is 1260. The van der Waals surface area contributed by atoms with Crippen molar-refractivity contribution >= 4 is 16.9 Å². The van der Waals surface area contributed by atoms with E-state index in [0.717, 1.165) is 31.7 Å². The number of allylic oxidation sites excluding steroid dienone is 2. The third kappa shape index (κ3) is 9.93. The first-order chi connectivity index (χ1) is 19.0. The molecule has 3 aromatic rings. The van der Waals surface area contributed by atoms with E-state index in [1.165, 1.54) is 70.1 Å². The predicted molar refractivity (Wildman–Crippen MR) is 156 cm³/mol. The van der Waals surface area contributed by atoms with Gasteiger partial charge in [0.25, 0.3) is 0 Å². The van der Waals surface area contributed by atoms with Gasteiger partial charge in [0.15, 0.2) is 0 Å². The predicted octanol–water partition coefficient (Wildman–Crippen LogP) is 8.81. The molecule has 0 amide bonds. The Balaban J connectivity index is 1.31. The van der Waals surface area contributed by atoms with Crippen molar-refractivity contribution in [3.05, 3.63) is 65.0 Å². The molecular formula is C33H42O6. The standard InChI is InChI=1S/C33H42O6/c1-2-3-4-5-6-7-8-9-10-11-12-13-14-15-16-17-31(36)39-27-20-18-25(19-21-27)28-24-38-30-23-26(34)22-29(35)32(30)33(28)37/h9-10,18-24,34-35H,2-8,11-17H2,1H3/b10-9-. The van der Waals surface area contributed by atoms with E-state index in [-0.39, 0.29) is 34.0 Å². The largest absolute Gasteiger partial charge is 0.508 e. The van der Waals surface area contributed by atoms with Crippen molar-refractivity contribution in [2.24, 2.45) is 0 Å². The van der Waals surface area contributed by atoms with Crippen LogP contribution in [0.1, 0.15) is 96.8 Å². The second-order valence-corrected chi connectivity index (χ2v) is 10.1. The van der Waals surface area contributed by atoms with E-state index in [1.54, 1.807) is 24.3 Å². The van der Waals surface area contributed by atoms with Gasteiger partial charge in [-0.1, -0.05) is 82.6 Å². The van der Waals surface area contributed by atoms with Crippen LogP contribution in [0.5, 0.6) is 17.2 Å². The number of esters is 1. The van der Waals surface area contributed by atoms with Gasteiger partial charge in [-0.25, -0.2) is 0 Å². The number of hydrogen-bond donors (Lipinski definition) is 2. The molecule has 1 heterocycles. The van der Waals surface area contributed by atoms with Crippen molar-refractivity contribution in [3.8, 4) is 28.4 Å². The quantitative estimate of drug-likeness (QED) is 0.0777. The van der Waals surface area contributed by atoms with Crippen molar-refractivity contribution in [2.45, 2.75) is 96.8 Å². The summed E-state index contributed by atoms with van der Waals surface area (Å²) in [6, 6.07) is 8.97. The van der Waals surface area contributed by atoms with Crippen molar-refractivity contribution < 1.29 is 24.2 Å². The van der Waals surface area contributed by atoms with Crippen molar-refractivity contribution in [1.82, 2.24) is 0 Å². The van der Waals surface area contributed by atoms with Gasteiger partial charge >= 0.3 is 5.97 Å². The van der Waals surface area contributed by atoms with Crippen molar-refractivity contribution in [2.75, 3.05) is 0 Å². The van der Waals surface area contributed by atoms with Gasteiger partial charge in [-0.05, 0) is 49.8 Å². The third-order valence-corrected chi connectivity index (χ3v) is 6.88. The number of fused-ring (bicyclic) bond motifs is 1. The van der Waals surface area contributed by atoms with Crippen LogP contribution in [0.25, 0.3) is 22.1 Å². The number of phenolic OH excluding ortho intramolecular Hbond substituents is 2. The van der Waals surface area contributed by atoms with Gasteiger partial charge in [0.05, 0.1) is 5.56 Å². The Morgan fingerprint density at radius 1 is 0.846 bits per heavy atom. The van der Waals surface area contributed by atoms with Gasteiger partial charge < -0.3 is 19.4 Å². The molecule has 0 aliphatic carbocycles. The lowest BCUT2D eigenvalue weighted by atomic mass is 10.0. The van der Waals surface area contributed by atoms with Gasteiger partial charge in [-0.3, -0.25) is 9.59 Å². The number of unbranched alkanes of at least 4 members (excludes halogenated alkanes) is 11. The molecule has 6 heteroatoms. The molecule has 0 saturated heterocycles. The lowest BCUT2D eigenvalue weighted by molar-refractivity contribution is -0.134. The summed E-state index contributed by atoms with van der Waals surface area (Å²) in [5.74, 6) is -0.393. The highest BCUT2D eigenvalue weighted by Gasteiger charge is 2.14. The SMILES string of the molecule is CCCCCCCC/C=C\CCCCCCCC(=O)Oc1ccc(-c2coc3cc(O)cc(O)c3c2=O)cc1. The summed E-state index contributed by atoms with van der Waals surface area (Å²) in [5, 5.41) is 19.7. The van der Waals surface area contributed by atoms with E-state index in [4.69, 9.17) is 9.15 Å². The molecule has 210 valence electrons. The van der Waals surface area contributed by atoms with Gasteiger partial charge in [-0.15, -0.1) is 0 Å². The zero-order valence-corrected chi connectivity index (χ0v) is 23.1. The van der Waals surface area contributed by atoms with Gasteiger partial charge in [0, 0.05) is 18.6 Å². The maximum atomic E-state index is 12.9. The van der Waals surface area contributed by atoms with Gasteiger partial charge in [-0.2, -0.15) is 0 Å². The van der Waals surface area contributed by atoms with Gasteiger partial charge in [0.2, 0.25) is 5.43 Å². The van der Waals surface area contributed by atoms with Crippen LogP contribution in [0.4, 0.5) is 0 Å². The maximum Gasteiger partial charge on any atom is 0.311 e. The van der Waals surface area contributed by atoms with Crippen LogP contribution in [-0.2, 0) is 4.79 Å². The van der Waals surface area contributed by atoms with Crippen LogP contribution in [0.3, 0.4) is 0 Å². The molecule has 0 bridgehead atoms. The molecule has 2 N–H and O–H groups in total. The molecule has 0 radical (unpaired) electrons.